The van der Waals surface area contributed by atoms with Gasteiger partial charge in [0, 0.05) is 42.7 Å². The number of pyridine rings is 1. The van der Waals surface area contributed by atoms with E-state index in [9.17, 15) is 9.59 Å². The highest BCUT2D eigenvalue weighted by Crippen LogP contribution is 2.24. The number of methoxy groups -OCH3 is 1. The number of hydrogen-bond donors (Lipinski definition) is 1. The van der Waals surface area contributed by atoms with Crippen LogP contribution in [0.3, 0.4) is 0 Å². The summed E-state index contributed by atoms with van der Waals surface area (Å²) in [6.07, 6.45) is 4.95. The highest BCUT2D eigenvalue weighted by atomic mass is 16.5. The van der Waals surface area contributed by atoms with Gasteiger partial charge in [-0.1, -0.05) is 0 Å². The van der Waals surface area contributed by atoms with E-state index >= 15 is 0 Å². The fourth-order valence-electron chi connectivity index (χ4n) is 3.58. The van der Waals surface area contributed by atoms with Crippen LogP contribution in [0.15, 0.2) is 60.9 Å². The van der Waals surface area contributed by atoms with Gasteiger partial charge in [-0.25, -0.2) is 4.79 Å². The van der Waals surface area contributed by atoms with Gasteiger partial charge in [0.15, 0.2) is 5.82 Å². The standard InChI is InChI=1S/C23H23N5O3/c1-31-23(30)17-4-6-19(7-5-17)25-22(29)16-10-13-28(14-11-16)21-9-8-20(26-27-21)18-3-2-12-24-15-18/h2-9,12,15-16H,10-11,13-14H2,1H3,(H,25,29). The van der Waals surface area contributed by atoms with Crippen molar-refractivity contribution in [3.05, 3.63) is 66.5 Å². The molecule has 1 saturated heterocycles. The number of hydrogen-bond acceptors (Lipinski definition) is 7. The first-order valence-electron chi connectivity index (χ1n) is 10.1. The molecule has 8 nitrogen and oxygen atoms in total. The zero-order valence-corrected chi connectivity index (χ0v) is 17.2. The third-order valence-corrected chi connectivity index (χ3v) is 5.37. The van der Waals surface area contributed by atoms with Crippen molar-refractivity contribution < 1.29 is 14.3 Å². The Morgan fingerprint density at radius 3 is 2.42 bits per heavy atom. The molecule has 1 aliphatic heterocycles. The number of amides is 1. The van der Waals surface area contributed by atoms with Crippen LogP contribution in [-0.4, -0.2) is 47.3 Å². The van der Waals surface area contributed by atoms with Crippen LogP contribution < -0.4 is 10.2 Å². The molecular formula is C23H23N5O3. The van der Waals surface area contributed by atoms with Crippen molar-refractivity contribution in [2.45, 2.75) is 12.8 Å². The smallest absolute Gasteiger partial charge is 0.337 e. The Balaban J connectivity index is 1.31. The first-order chi connectivity index (χ1) is 15.1. The predicted octanol–water partition coefficient (Wildman–Crippen LogP) is 3.18. The van der Waals surface area contributed by atoms with E-state index in [0.717, 1.165) is 43.0 Å². The van der Waals surface area contributed by atoms with E-state index in [1.54, 1.807) is 36.7 Å². The molecule has 0 saturated carbocycles. The second kappa shape index (κ2) is 9.34. The fraction of sp³-hybridized carbons (Fsp3) is 0.261. The maximum absolute atomic E-state index is 12.6. The lowest BCUT2D eigenvalue weighted by Gasteiger charge is -2.31. The molecule has 0 atom stereocenters. The Bertz CT molecular complexity index is 1030. The van der Waals surface area contributed by atoms with Crippen LogP contribution in [0.25, 0.3) is 11.3 Å². The third-order valence-electron chi connectivity index (χ3n) is 5.37. The number of piperidine rings is 1. The van der Waals surface area contributed by atoms with Crippen molar-refractivity contribution in [2.24, 2.45) is 5.92 Å². The van der Waals surface area contributed by atoms with E-state index in [1.807, 2.05) is 24.3 Å². The van der Waals surface area contributed by atoms with Crippen molar-refractivity contribution in [1.82, 2.24) is 15.2 Å². The minimum absolute atomic E-state index is 0.0107. The maximum atomic E-state index is 12.6. The Labute approximate surface area is 180 Å². The molecule has 1 fully saturated rings. The molecule has 0 bridgehead atoms. The Morgan fingerprint density at radius 2 is 1.81 bits per heavy atom. The van der Waals surface area contributed by atoms with Gasteiger partial charge < -0.3 is 15.0 Å². The molecule has 4 rings (SSSR count). The molecule has 0 unspecified atom stereocenters. The Kier molecular flexibility index (Phi) is 6.16. The van der Waals surface area contributed by atoms with Gasteiger partial charge in [-0.15, -0.1) is 10.2 Å². The van der Waals surface area contributed by atoms with Crippen LogP contribution in [0.5, 0.6) is 0 Å². The number of carbonyl (C=O) groups excluding carboxylic acids is 2. The van der Waals surface area contributed by atoms with E-state index in [0.29, 0.717) is 11.3 Å². The van der Waals surface area contributed by atoms with Gasteiger partial charge in [0.1, 0.15) is 0 Å². The molecule has 0 aliphatic carbocycles. The molecule has 3 aromatic rings. The Morgan fingerprint density at radius 1 is 1.03 bits per heavy atom. The highest BCUT2D eigenvalue weighted by molar-refractivity contribution is 5.94. The fourth-order valence-corrected chi connectivity index (χ4v) is 3.58. The zero-order valence-electron chi connectivity index (χ0n) is 17.2. The summed E-state index contributed by atoms with van der Waals surface area (Å²) in [4.78, 5) is 30.4. The monoisotopic (exact) mass is 417 g/mol. The van der Waals surface area contributed by atoms with Crippen LogP contribution in [0.2, 0.25) is 0 Å². The van der Waals surface area contributed by atoms with Crippen LogP contribution in [0.4, 0.5) is 11.5 Å². The number of nitrogens with one attached hydrogen (secondary N) is 1. The minimum atomic E-state index is -0.401. The van der Waals surface area contributed by atoms with E-state index < -0.39 is 5.97 Å². The first-order valence-corrected chi connectivity index (χ1v) is 10.1. The first kappa shape index (κ1) is 20.5. The number of ether oxygens (including phenoxy) is 1. The SMILES string of the molecule is COC(=O)c1ccc(NC(=O)C2CCN(c3ccc(-c4cccnc4)nn3)CC2)cc1. The largest absolute Gasteiger partial charge is 0.465 e. The average Bonchev–Trinajstić information content (AvgIpc) is 2.85. The van der Waals surface area contributed by atoms with E-state index in [-0.39, 0.29) is 11.8 Å². The molecule has 0 spiro atoms. The van der Waals surface area contributed by atoms with Crippen molar-refractivity contribution in [2.75, 3.05) is 30.4 Å². The van der Waals surface area contributed by atoms with Gasteiger partial charge in [0.05, 0.1) is 18.4 Å². The quantitative estimate of drug-likeness (QED) is 0.637. The third kappa shape index (κ3) is 4.85. The van der Waals surface area contributed by atoms with Gasteiger partial charge in [-0.05, 0) is 61.4 Å². The summed E-state index contributed by atoms with van der Waals surface area (Å²) in [6.45, 7) is 1.47. The molecule has 1 aromatic carbocycles. The zero-order chi connectivity index (χ0) is 21.6. The summed E-state index contributed by atoms with van der Waals surface area (Å²) in [7, 11) is 1.34. The number of aromatic nitrogens is 3. The van der Waals surface area contributed by atoms with E-state index in [4.69, 9.17) is 0 Å². The summed E-state index contributed by atoms with van der Waals surface area (Å²) in [5.74, 6) is 0.328. The second-order valence-electron chi connectivity index (χ2n) is 7.34. The van der Waals surface area contributed by atoms with Crippen molar-refractivity contribution in [3.63, 3.8) is 0 Å². The minimum Gasteiger partial charge on any atom is -0.465 e. The Hall–Kier alpha value is -3.81. The van der Waals surface area contributed by atoms with Gasteiger partial charge in [0.25, 0.3) is 0 Å². The molecule has 2 aromatic heterocycles. The summed E-state index contributed by atoms with van der Waals surface area (Å²) in [5.41, 5.74) is 2.82. The molecule has 8 heteroatoms. The highest BCUT2D eigenvalue weighted by Gasteiger charge is 2.26. The van der Waals surface area contributed by atoms with Gasteiger partial charge in [0.2, 0.25) is 5.91 Å². The number of nitrogens with zero attached hydrogens (tertiary/aromatic N) is 4. The molecule has 1 N–H and O–H groups in total. The normalized spacial score (nSPS) is 14.2. The van der Waals surface area contributed by atoms with Crippen LogP contribution in [0.1, 0.15) is 23.2 Å². The van der Waals surface area contributed by atoms with Crippen molar-refractivity contribution in [1.29, 1.82) is 0 Å². The number of esters is 1. The van der Waals surface area contributed by atoms with Crippen LogP contribution >= 0.6 is 0 Å². The topological polar surface area (TPSA) is 97.3 Å². The second-order valence-corrected chi connectivity index (χ2v) is 7.34. The van der Waals surface area contributed by atoms with Gasteiger partial charge >= 0.3 is 5.97 Å². The molecule has 1 aliphatic rings. The number of anilines is 2. The average molecular weight is 417 g/mol. The molecule has 1 amide bonds. The summed E-state index contributed by atoms with van der Waals surface area (Å²) in [5, 5.41) is 11.6. The summed E-state index contributed by atoms with van der Waals surface area (Å²) in [6, 6.07) is 14.4. The van der Waals surface area contributed by atoms with Gasteiger partial charge in [-0.2, -0.15) is 0 Å². The number of rotatable bonds is 5. The molecule has 0 radical (unpaired) electrons. The molecule has 158 valence electrons. The molecule has 31 heavy (non-hydrogen) atoms. The van der Waals surface area contributed by atoms with E-state index in [2.05, 4.69) is 30.1 Å². The molecular weight excluding hydrogens is 394 g/mol. The lowest BCUT2D eigenvalue weighted by atomic mass is 9.95. The predicted molar refractivity (Wildman–Crippen MR) is 117 cm³/mol. The maximum Gasteiger partial charge on any atom is 0.337 e. The molecule has 3 heterocycles. The van der Waals surface area contributed by atoms with Crippen molar-refractivity contribution in [3.8, 4) is 11.3 Å². The summed E-state index contributed by atoms with van der Waals surface area (Å²) >= 11 is 0. The van der Waals surface area contributed by atoms with Crippen LogP contribution in [0, 0.1) is 5.92 Å². The lowest BCUT2D eigenvalue weighted by Crippen LogP contribution is -2.38. The number of benzene rings is 1. The lowest BCUT2D eigenvalue weighted by molar-refractivity contribution is -0.120. The van der Waals surface area contributed by atoms with E-state index in [1.165, 1.54) is 7.11 Å². The van der Waals surface area contributed by atoms with Crippen LogP contribution in [-0.2, 0) is 9.53 Å². The summed E-state index contributed by atoms with van der Waals surface area (Å²) < 4.78 is 4.68. The number of carbonyl (C=O) groups is 2. The van der Waals surface area contributed by atoms with Gasteiger partial charge in [-0.3, -0.25) is 9.78 Å². The van der Waals surface area contributed by atoms with Crippen molar-refractivity contribution >= 4 is 23.4 Å².